The second-order valence-corrected chi connectivity index (χ2v) is 6.21. The maximum atomic E-state index is 11.5. The highest BCUT2D eigenvalue weighted by Gasteiger charge is 2.08. The standard InChI is InChI=1S/C17H18ClNOS/c1-2-19-17(20)12-7-13-5-3-4-6-16(13)21-15-10-8-14(18)9-11-15/h3,5,7-12H,2,4,6H2,1H3,(H,19,20)/b12-7-. The van der Waals surface area contributed by atoms with E-state index in [1.54, 1.807) is 17.8 Å². The van der Waals surface area contributed by atoms with E-state index in [1.165, 1.54) is 4.91 Å². The van der Waals surface area contributed by atoms with Crippen LogP contribution in [0.4, 0.5) is 0 Å². The lowest BCUT2D eigenvalue weighted by Gasteiger charge is -2.13. The molecule has 2 rings (SSSR count). The minimum atomic E-state index is -0.0557. The van der Waals surface area contributed by atoms with E-state index in [2.05, 4.69) is 17.5 Å². The van der Waals surface area contributed by atoms with Gasteiger partial charge in [0.05, 0.1) is 0 Å². The van der Waals surface area contributed by atoms with Crippen LogP contribution in [-0.2, 0) is 4.79 Å². The van der Waals surface area contributed by atoms with Crippen molar-refractivity contribution in [1.82, 2.24) is 5.32 Å². The van der Waals surface area contributed by atoms with E-state index in [9.17, 15) is 4.79 Å². The fourth-order valence-corrected chi connectivity index (χ4v) is 3.12. The van der Waals surface area contributed by atoms with Gasteiger partial charge in [0.2, 0.25) is 5.91 Å². The van der Waals surface area contributed by atoms with Crippen molar-refractivity contribution in [2.75, 3.05) is 6.54 Å². The summed E-state index contributed by atoms with van der Waals surface area (Å²) in [5, 5.41) is 3.51. The maximum absolute atomic E-state index is 11.5. The van der Waals surface area contributed by atoms with Crippen molar-refractivity contribution in [2.45, 2.75) is 24.7 Å². The Hall–Kier alpha value is -1.45. The summed E-state index contributed by atoms with van der Waals surface area (Å²) in [5.74, 6) is -0.0557. The number of carbonyl (C=O) groups excluding carboxylic acids is 1. The highest BCUT2D eigenvalue weighted by Crippen LogP contribution is 2.35. The normalized spacial score (nSPS) is 14.8. The number of allylic oxidation sites excluding steroid dienone is 5. The Morgan fingerprint density at radius 2 is 2.14 bits per heavy atom. The molecule has 0 heterocycles. The molecule has 110 valence electrons. The van der Waals surface area contributed by atoms with E-state index in [-0.39, 0.29) is 5.91 Å². The average Bonchev–Trinajstić information content (AvgIpc) is 2.49. The van der Waals surface area contributed by atoms with Crippen LogP contribution in [-0.4, -0.2) is 12.5 Å². The number of hydrogen-bond acceptors (Lipinski definition) is 2. The molecule has 0 unspecified atom stereocenters. The number of likely N-dealkylation sites (N-methyl/N-ethyl adjacent to an activating group) is 1. The third kappa shape index (κ3) is 5.10. The summed E-state index contributed by atoms with van der Waals surface area (Å²) in [7, 11) is 0. The Balaban J connectivity index is 2.14. The molecule has 0 radical (unpaired) electrons. The summed E-state index contributed by atoms with van der Waals surface area (Å²) in [6.45, 7) is 2.55. The van der Waals surface area contributed by atoms with Crippen LogP contribution in [0.2, 0.25) is 5.02 Å². The molecule has 0 saturated carbocycles. The van der Waals surface area contributed by atoms with Crippen LogP contribution in [0, 0.1) is 0 Å². The Morgan fingerprint density at radius 1 is 1.38 bits per heavy atom. The quantitative estimate of drug-likeness (QED) is 0.795. The van der Waals surface area contributed by atoms with Crippen molar-refractivity contribution in [3.8, 4) is 0 Å². The SMILES string of the molecule is CCNC(=O)/C=C\C1=C(Sc2ccc(Cl)cc2)CCC=C1. The van der Waals surface area contributed by atoms with Crippen molar-refractivity contribution in [1.29, 1.82) is 0 Å². The molecule has 2 nitrogen and oxygen atoms in total. The van der Waals surface area contributed by atoms with Gasteiger partial charge in [-0.2, -0.15) is 0 Å². The van der Waals surface area contributed by atoms with Gasteiger partial charge < -0.3 is 5.32 Å². The first-order chi connectivity index (χ1) is 10.2. The molecule has 0 aromatic heterocycles. The van der Waals surface area contributed by atoms with Crippen molar-refractivity contribution >= 4 is 29.3 Å². The average molecular weight is 320 g/mol. The van der Waals surface area contributed by atoms with Gasteiger partial charge in [0.15, 0.2) is 0 Å². The van der Waals surface area contributed by atoms with Crippen LogP contribution in [0.15, 0.2) is 63.9 Å². The van der Waals surface area contributed by atoms with Crippen LogP contribution in [0.25, 0.3) is 0 Å². The minimum Gasteiger partial charge on any atom is -0.353 e. The molecule has 0 bridgehead atoms. The molecular weight excluding hydrogens is 302 g/mol. The Labute approximate surface area is 135 Å². The summed E-state index contributed by atoms with van der Waals surface area (Å²) in [6, 6.07) is 7.83. The lowest BCUT2D eigenvalue weighted by atomic mass is 10.1. The largest absolute Gasteiger partial charge is 0.353 e. The van der Waals surface area contributed by atoms with Gasteiger partial charge in [-0.05, 0) is 60.6 Å². The molecule has 1 amide bonds. The molecule has 0 spiro atoms. The first kappa shape index (κ1) is 15.9. The molecule has 1 aliphatic carbocycles. The Morgan fingerprint density at radius 3 is 2.86 bits per heavy atom. The fraction of sp³-hybridized carbons (Fsp3) is 0.235. The van der Waals surface area contributed by atoms with Crippen LogP contribution >= 0.6 is 23.4 Å². The van der Waals surface area contributed by atoms with Gasteiger partial charge in [0.25, 0.3) is 0 Å². The minimum absolute atomic E-state index is 0.0557. The van der Waals surface area contributed by atoms with Gasteiger partial charge in [0, 0.05) is 22.5 Å². The van der Waals surface area contributed by atoms with Crippen LogP contribution in [0.5, 0.6) is 0 Å². The molecule has 0 fully saturated rings. The molecule has 1 aromatic carbocycles. The summed E-state index contributed by atoms with van der Waals surface area (Å²) >= 11 is 7.64. The van der Waals surface area contributed by atoms with Gasteiger partial charge >= 0.3 is 0 Å². The monoisotopic (exact) mass is 319 g/mol. The number of carbonyl (C=O) groups is 1. The van der Waals surface area contributed by atoms with Gasteiger partial charge in [0.1, 0.15) is 0 Å². The fourth-order valence-electron chi connectivity index (χ4n) is 1.96. The van der Waals surface area contributed by atoms with Crippen molar-refractivity contribution in [3.05, 3.63) is 64.1 Å². The molecule has 1 N–H and O–H groups in total. The highest BCUT2D eigenvalue weighted by molar-refractivity contribution is 8.03. The lowest BCUT2D eigenvalue weighted by molar-refractivity contribution is -0.116. The van der Waals surface area contributed by atoms with E-state index in [4.69, 9.17) is 11.6 Å². The molecule has 0 atom stereocenters. The third-order valence-electron chi connectivity index (χ3n) is 2.98. The van der Waals surface area contributed by atoms with Gasteiger partial charge in [-0.1, -0.05) is 35.5 Å². The molecule has 1 aliphatic rings. The zero-order valence-electron chi connectivity index (χ0n) is 11.9. The maximum Gasteiger partial charge on any atom is 0.243 e. The van der Waals surface area contributed by atoms with Gasteiger partial charge in [-0.15, -0.1) is 0 Å². The number of thioether (sulfide) groups is 1. The van der Waals surface area contributed by atoms with E-state index in [0.29, 0.717) is 6.54 Å². The van der Waals surface area contributed by atoms with Gasteiger partial charge in [-0.3, -0.25) is 4.79 Å². The van der Waals surface area contributed by atoms with E-state index < -0.39 is 0 Å². The van der Waals surface area contributed by atoms with E-state index in [1.807, 2.05) is 37.3 Å². The first-order valence-electron chi connectivity index (χ1n) is 6.98. The van der Waals surface area contributed by atoms with Crippen molar-refractivity contribution in [3.63, 3.8) is 0 Å². The lowest BCUT2D eigenvalue weighted by Crippen LogP contribution is -2.19. The molecular formula is C17H18ClNOS. The molecule has 21 heavy (non-hydrogen) atoms. The number of hydrogen-bond donors (Lipinski definition) is 1. The number of benzene rings is 1. The summed E-state index contributed by atoms with van der Waals surface area (Å²) in [6.07, 6.45) is 9.74. The molecule has 0 saturated heterocycles. The van der Waals surface area contributed by atoms with Crippen LogP contribution < -0.4 is 5.32 Å². The number of halogens is 1. The van der Waals surface area contributed by atoms with Crippen molar-refractivity contribution < 1.29 is 4.79 Å². The van der Waals surface area contributed by atoms with Gasteiger partial charge in [-0.25, -0.2) is 0 Å². The van der Waals surface area contributed by atoms with Crippen LogP contribution in [0.1, 0.15) is 19.8 Å². The third-order valence-corrected chi connectivity index (χ3v) is 4.42. The topological polar surface area (TPSA) is 29.1 Å². The number of amides is 1. The second kappa shape index (κ2) is 8.11. The molecule has 4 heteroatoms. The first-order valence-corrected chi connectivity index (χ1v) is 8.17. The Bertz CT molecular complexity index is 587. The second-order valence-electron chi connectivity index (χ2n) is 4.60. The van der Waals surface area contributed by atoms with Crippen molar-refractivity contribution in [2.24, 2.45) is 0 Å². The highest BCUT2D eigenvalue weighted by atomic mass is 35.5. The number of rotatable bonds is 5. The van der Waals surface area contributed by atoms with E-state index in [0.717, 1.165) is 28.3 Å². The molecule has 1 aromatic rings. The smallest absolute Gasteiger partial charge is 0.243 e. The van der Waals surface area contributed by atoms with Crippen LogP contribution in [0.3, 0.4) is 0 Å². The zero-order chi connectivity index (χ0) is 15.1. The Kier molecular flexibility index (Phi) is 6.15. The number of nitrogens with one attached hydrogen (secondary N) is 1. The predicted molar refractivity (Wildman–Crippen MR) is 90.5 cm³/mol. The molecule has 0 aliphatic heterocycles. The summed E-state index contributed by atoms with van der Waals surface area (Å²) in [5.41, 5.74) is 1.10. The summed E-state index contributed by atoms with van der Waals surface area (Å²) < 4.78 is 0. The predicted octanol–water partition coefficient (Wildman–Crippen LogP) is 4.73. The summed E-state index contributed by atoms with van der Waals surface area (Å²) in [4.78, 5) is 14.0. The van der Waals surface area contributed by atoms with E-state index >= 15 is 0 Å². The zero-order valence-corrected chi connectivity index (χ0v) is 13.5.